The van der Waals surface area contributed by atoms with Crippen LogP contribution in [0.15, 0.2) is 36.0 Å². The van der Waals surface area contributed by atoms with Crippen molar-refractivity contribution >= 4 is 16.3 Å². The minimum absolute atomic E-state index is 0.236. The van der Waals surface area contributed by atoms with Crippen LogP contribution in [0.3, 0.4) is 0 Å². The molecular weight excluding hydrogens is 261 g/mol. The predicted octanol–water partition coefficient (Wildman–Crippen LogP) is 3.09. The third-order valence-electron chi connectivity index (χ3n) is 3.21. The summed E-state index contributed by atoms with van der Waals surface area (Å²) in [5.74, 6) is -0.248. The second-order valence-electron chi connectivity index (χ2n) is 4.64. The molecule has 0 bridgehead atoms. The molecule has 3 aromatic rings. The first kappa shape index (κ1) is 12.3. The summed E-state index contributed by atoms with van der Waals surface area (Å²) in [5.41, 5.74) is 8.96. The number of nitrogens with zero attached hydrogens (tertiary/aromatic N) is 2. The van der Waals surface area contributed by atoms with Crippen molar-refractivity contribution in [2.24, 2.45) is 5.73 Å². The zero-order chi connectivity index (χ0) is 13.4. The summed E-state index contributed by atoms with van der Waals surface area (Å²) in [6.07, 6.45) is 4.55. The highest BCUT2D eigenvalue weighted by molar-refractivity contribution is 7.15. The van der Waals surface area contributed by atoms with Crippen LogP contribution in [-0.4, -0.2) is 9.38 Å². The SMILES string of the molecule is Cc1ccc(F)cc1C(N)Cc1cn2ccsc2n1. The molecule has 3 rings (SSSR count). The lowest BCUT2D eigenvalue weighted by atomic mass is 9.98. The van der Waals surface area contributed by atoms with Gasteiger partial charge in [0.15, 0.2) is 4.96 Å². The maximum Gasteiger partial charge on any atom is 0.193 e. The van der Waals surface area contributed by atoms with E-state index in [0.29, 0.717) is 6.42 Å². The van der Waals surface area contributed by atoms with E-state index in [-0.39, 0.29) is 11.9 Å². The number of halogens is 1. The van der Waals surface area contributed by atoms with Crippen molar-refractivity contribution in [3.63, 3.8) is 0 Å². The summed E-state index contributed by atoms with van der Waals surface area (Å²) in [4.78, 5) is 5.45. The molecule has 2 aromatic heterocycles. The normalized spacial score (nSPS) is 13.0. The van der Waals surface area contributed by atoms with E-state index in [1.165, 1.54) is 12.1 Å². The first-order chi connectivity index (χ1) is 9.13. The summed E-state index contributed by atoms with van der Waals surface area (Å²) in [5, 5.41) is 1.99. The Morgan fingerprint density at radius 2 is 2.32 bits per heavy atom. The third-order valence-corrected chi connectivity index (χ3v) is 3.98. The monoisotopic (exact) mass is 275 g/mol. The molecular formula is C14H14FN3S. The van der Waals surface area contributed by atoms with Gasteiger partial charge in [-0.25, -0.2) is 9.37 Å². The number of fused-ring (bicyclic) bond motifs is 1. The van der Waals surface area contributed by atoms with Gasteiger partial charge in [-0.1, -0.05) is 6.07 Å². The van der Waals surface area contributed by atoms with Gasteiger partial charge >= 0.3 is 0 Å². The molecule has 1 atom stereocenters. The van der Waals surface area contributed by atoms with Crippen LogP contribution >= 0.6 is 11.3 Å². The number of thiazole rings is 1. The summed E-state index contributed by atoms with van der Waals surface area (Å²) in [6.45, 7) is 1.94. The van der Waals surface area contributed by atoms with Gasteiger partial charge in [-0.05, 0) is 30.2 Å². The van der Waals surface area contributed by atoms with E-state index in [1.807, 2.05) is 29.1 Å². The zero-order valence-corrected chi connectivity index (χ0v) is 11.3. The highest BCUT2D eigenvalue weighted by atomic mass is 32.1. The van der Waals surface area contributed by atoms with Crippen LogP contribution in [0.5, 0.6) is 0 Å². The molecule has 19 heavy (non-hydrogen) atoms. The smallest absolute Gasteiger partial charge is 0.193 e. The van der Waals surface area contributed by atoms with E-state index in [0.717, 1.165) is 21.8 Å². The van der Waals surface area contributed by atoms with Crippen LogP contribution in [0, 0.1) is 12.7 Å². The molecule has 3 nitrogen and oxygen atoms in total. The first-order valence-corrected chi connectivity index (χ1v) is 6.94. The lowest BCUT2D eigenvalue weighted by Crippen LogP contribution is -2.15. The van der Waals surface area contributed by atoms with Crippen molar-refractivity contribution in [2.45, 2.75) is 19.4 Å². The van der Waals surface area contributed by atoms with Gasteiger partial charge in [0, 0.05) is 30.2 Å². The first-order valence-electron chi connectivity index (χ1n) is 6.06. The molecule has 0 aliphatic heterocycles. The standard InChI is InChI=1S/C14H14FN3S/c1-9-2-3-10(15)6-12(9)13(16)7-11-8-18-4-5-19-14(18)17-11/h2-6,8,13H,7,16H2,1H3. The minimum Gasteiger partial charge on any atom is -0.324 e. The fraction of sp³-hybridized carbons (Fsp3) is 0.214. The lowest BCUT2D eigenvalue weighted by molar-refractivity contribution is 0.616. The van der Waals surface area contributed by atoms with E-state index in [9.17, 15) is 4.39 Å². The zero-order valence-electron chi connectivity index (χ0n) is 10.5. The number of hydrogen-bond donors (Lipinski definition) is 1. The van der Waals surface area contributed by atoms with Gasteiger partial charge in [0.2, 0.25) is 0 Å². The number of nitrogens with two attached hydrogens (primary N) is 1. The molecule has 0 radical (unpaired) electrons. The number of aryl methyl sites for hydroxylation is 1. The van der Waals surface area contributed by atoms with Gasteiger partial charge in [-0.15, -0.1) is 11.3 Å². The Morgan fingerprint density at radius 1 is 1.47 bits per heavy atom. The topological polar surface area (TPSA) is 43.3 Å². The lowest BCUT2D eigenvalue weighted by Gasteiger charge is -2.13. The Morgan fingerprint density at radius 3 is 3.11 bits per heavy atom. The molecule has 0 aliphatic rings. The van der Waals surface area contributed by atoms with Crippen molar-refractivity contribution < 1.29 is 4.39 Å². The number of benzene rings is 1. The molecule has 2 heterocycles. The Labute approximate surface area is 114 Å². The van der Waals surface area contributed by atoms with E-state index in [1.54, 1.807) is 17.4 Å². The van der Waals surface area contributed by atoms with Gasteiger partial charge in [0.25, 0.3) is 0 Å². The number of hydrogen-bond acceptors (Lipinski definition) is 3. The highest BCUT2D eigenvalue weighted by Crippen LogP contribution is 2.21. The van der Waals surface area contributed by atoms with Crippen LogP contribution in [0.2, 0.25) is 0 Å². The quantitative estimate of drug-likeness (QED) is 0.798. The maximum absolute atomic E-state index is 13.3. The number of imidazole rings is 1. The van der Waals surface area contributed by atoms with Crippen LogP contribution in [0.1, 0.15) is 22.9 Å². The minimum atomic E-state index is -0.248. The van der Waals surface area contributed by atoms with Gasteiger partial charge < -0.3 is 5.73 Å². The predicted molar refractivity (Wildman–Crippen MR) is 74.8 cm³/mol. The van der Waals surface area contributed by atoms with Gasteiger partial charge in [-0.2, -0.15) is 0 Å². The van der Waals surface area contributed by atoms with Crippen molar-refractivity contribution in [2.75, 3.05) is 0 Å². The summed E-state index contributed by atoms with van der Waals surface area (Å²) in [6, 6.07) is 4.49. The molecule has 1 aromatic carbocycles. The van der Waals surface area contributed by atoms with Crippen LogP contribution < -0.4 is 5.73 Å². The second kappa shape index (κ2) is 4.75. The van der Waals surface area contributed by atoms with Crippen molar-refractivity contribution in [3.05, 3.63) is 58.6 Å². The highest BCUT2D eigenvalue weighted by Gasteiger charge is 2.13. The van der Waals surface area contributed by atoms with E-state index in [2.05, 4.69) is 4.98 Å². The number of aromatic nitrogens is 2. The van der Waals surface area contributed by atoms with Crippen molar-refractivity contribution in [3.8, 4) is 0 Å². The van der Waals surface area contributed by atoms with Crippen LogP contribution in [0.25, 0.3) is 4.96 Å². The van der Waals surface area contributed by atoms with Gasteiger partial charge in [0.05, 0.1) is 5.69 Å². The summed E-state index contributed by atoms with van der Waals surface area (Å²) in [7, 11) is 0. The molecule has 0 fully saturated rings. The Bertz CT molecular complexity index is 688. The molecule has 0 saturated heterocycles. The fourth-order valence-electron chi connectivity index (χ4n) is 2.22. The molecule has 0 spiro atoms. The van der Waals surface area contributed by atoms with Crippen molar-refractivity contribution in [1.82, 2.24) is 9.38 Å². The maximum atomic E-state index is 13.3. The Kier molecular flexibility index (Phi) is 3.08. The van der Waals surface area contributed by atoms with E-state index in [4.69, 9.17) is 5.73 Å². The average Bonchev–Trinajstić information content (AvgIpc) is 2.92. The number of rotatable bonds is 3. The summed E-state index contributed by atoms with van der Waals surface area (Å²) >= 11 is 1.59. The van der Waals surface area contributed by atoms with Crippen molar-refractivity contribution in [1.29, 1.82) is 0 Å². The molecule has 1 unspecified atom stereocenters. The van der Waals surface area contributed by atoms with Gasteiger partial charge in [0.1, 0.15) is 5.82 Å². The average molecular weight is 275 g/mol. The largest absolute Gasteiger partial charge is 0.324 e. The Hall–Kier alpha value is -1.72. The Balaban J connectivity index is 1.86. The third kappa shape index (κ3) is 2.39. The van der Waals surface area contributed by atoms with Gasteiger partial charge in [-0.3, -0.25) is 4.40 Å². The molecule has 2 N–H and O–H groups in total. The van der Waals surface area contributed by atoms with E-state index >= 15 is 0 Å². The molecule has 98 valence electrons. The molecule has 0 amide bonds. The second-order valence-corrected chi connectivity index (χ2v) is 5.51. The van der Waals surface area contributed by atoms with E-state index < -0.39 is 0 Å². The van der Waals surface area contributed by atoms with Crippen LogP contribution in [-0.2, 0) is 6.42 Å². The van der Waals surface area contributed by atoms with Crippen LogP contribution in [0.4, 0.5) is 4.39 Å². The molecule has 0 aliphatic carbocycles. The summed E-state index contributed by atoms with van der Waals surface area (Å²) < 4.78 is 15.3. The molecule has 0 saturated carbocycles. The molecule has 5 heteroatoms. The fourth-order valence-corrected chi connectivity index (χ4v) is 2.94.